The highest BCUT2D eigenvalue weighted by molar-refractivity contribution is 7.07. The predicted molar refractivity (Wildman–Crippen MR) is 157 cm³/mol. The van der Waals surface area contributed by atoms with Gasteiger partial charge in [0.2, 0.25) is 0 Å². The van der Waals surface area contributed by atoms with Gasteiger partial charge in [-0.3, -0.25) is 9.36 Å². The van der Waals surface area contributed by atoms with E-state index in [4.69, 9.17) is 16.2 Å². The van der Waals surface area contributed by atoms with E-state index in [1.54, 1.807) is 16.7 Å². The van der Waals surface area contributed by atoms with Gasteiger partial charge in [-0.25, -0.2) is 9.38 Å². The van der Waals surface area contributed by atoms with Crippen LogP contribution in [0.15, 0.2) is 100 Å². The first-order valence-corrected chi connectivity index (χ1v) is 13.9. The quantitative estimate of drug-likeness (QED) is 0.277. The summed E-state index contributed by atoms with van der Waals surface area (Å²) in [4.78, 5) is 19.8. The van der Waals surface area contributed by atoms with Crippen LogP contribution in [-0.4, -0.2) is 11.2 Å². The Kier molecular flexibility index (Phi) is 5.95. The first kappa shape index (κ1) is 24.3. The summed E-state index contributed by atoms with van der Waals surface area (Å²) in [7, 11) is 0. The molecule has 0 amide bonds. The number of terminal acetylenes is 1. The number of halogens is 1. The number of fused-ring (bicyclic) bond motifs is 4. The standard InChI is InChI=1S/C34H23FN2O2S/c1-2-19-39-29-18-14-21-7-3-5-9-25(21)28(29)20-30-33(38)37-32(23-11-15-24(35)16-12-23)27-17-13-22-8-4-6-10-26(22)31(27)36-34(37)40-30/h1,3-12,14-16,18,20,32H,13,17,19H2. The van der Waals surface area contributed by atoms with E-state index in [9.17, 15) is 9.18 Å². The Labute approximate surface area is 234 Å². The van der Waals surface area contributed by atoms with Crippen LogP contribution in [0.3, 0.4) is 0 Å². The maximum atomic E-state index is 14.2. The van der Waals surface area contributed by atoms with Crippen molar-refractivity contribution >= 4 is 33.9 Å². The number of thiazole rings is 1. The Balaban J connectivity index is 1.50. The van der Waals surface area contributed by atoms with Crippen LogP contribution in [0.5, 0.6) is 5.75 Å². The van der Waals surface area contributed by atoms with Gasteiger partial charge in [-0.1, -0.05) is 84.0 Å². The summed E-state index contributed by atoms with van der Waals surface area (Å²) in [5.74, 6) is 2.83. The van der Waals surface area contributed by atoms with Gasteiger partial charge >= 0.3 is 0 Å². The SMILES string of the molecule is C#CCOc1ccc2ccccc2c1C=c1sc2n(c1=O)C(c1ccc(F)cc1)C1=C(N=2)c2ccccc2CC1. The Hall–Kier alpha value is -4.73. The van der Waals surface area contributed by atoms with E-state index in [0.29, 0.717) is 15.1 Å². The molecule has 0 fully saturated rings. The molecule has 1 aliphatic heterocycles. The number of aromatic nitrogens is 1. The van der Waals surface area contributed by atoms with Crippen LogP contribution in [0.2, 0.25) is 0 Å². The number of ether oxygens (including phenoxy) is 1. The van der Waals surface area contributed by atoms with E-state index in [0.717, 1.165) is 51.6 Å². The molecule has 6 heteroatoms. The fourth-order valence-corrected chi connectivity index (χ4v) is 6.75. The largest absolute Gasteiger partial charge is 0.480 e. The second-order valence-electron chi connectivity index (χ2n) is 9.86. The molecule has 194 valence electrons. The van der Waals surface area contributed by atoms with Crippen LogP contribution in [0.25, 0.3) is 22.5 Å². The molecule has 2 aliphatic rings. The lowest BCUT2D eigenvalue weighted by Gasteiger charge is -2.30. The first-order valence-electron chi connectivity index (χ1n) is 13.1. The van der Waals surface area contributed by atoms with Crippen molar-refractivity contribution in [2.24, 2.45) is 4.99 Å². The highest BCUT2D eigenvalue weighted by Gasteiger charge is 2.32. The van der Waals surface area contributed by atoms with Crippen LogP contribution >= 0.6 is 11.3 Å². The maximum Gasteiger partial charge on any atom is 0.271 e. The zero-order valence-corrected chi connectivity index (χ0v) is 22.2. The topological polar surface area (TPSA) is 43.6 Å². The third-order valence-electron chi connectivity index (χ3n) is 7.58. The highest BCUT2D eigenvalue weighted by Crippen LogP contribution is 2.41. The van der Waals surface area contributed by atoms with Crippen LogP contribution < -0.4 is 19.6 Å². The van der Waals surface area contributed by atoms with Gasteiger partial charge < -0.3 is 4.74 Å². The summed E-state index contributed by atoms with van der Waals surface area (Å²) in [5.41, 5.74) is 5.84. The Morgan fingerprint density at radius 3 is 2.67 bits per heavy atom. The van der Waals surface area contributed by atoms with Crippen molar-refractivity contribution in [2.45, 2.75) is 18.9 Å². The molecule has 0 saturated carbocycles. The molecule has 1 aromatic heterocycles. The van der Waals surface area contributed by atoms with Crippen LogP contribution in [-0.2, 0) is 6.42 Å². The van der Waals surface area contributed by atoms with Crippen LogP contribution in [0.4, 0.5) is 4.39 Å². The molecular formula is C34H23FN2O2S. The lowest BCUT2D eigenvalue weighted by molar-refractivity contribution is 0.370. The zero-order valence-electron chi connectivity index (χ0n) is 21.4. The molecule has 40 heavy (non-hydrogen) atoms. The minimum Gasteiger partial charge on any atom is -0.480 e. The van der Waals surface area contributed by atoms with E-state index in [-0.39, 0.29) is 24.0 Å². The molecule has 2 heterocycles. The van der Waals surface area contributed by atoms with Crippen LogP contribution in [0, 0.1) is 18.2 Å². The van der Waals surface area contributed by atoms with Crippen molar-refractivity contribution in [1.82, 2.24) is 4.57 Å². The summed E-state index contributed by atoms with van der Waals surface area (Å²) in [6.07, 6.45) is 8.99. The molecule has 1 aliphatic carbocycles. The molecule has 0 saturated heterocycles. The third kappa shape index (κ3) is 3.98. The number of rotatable bonds is 4. The average Bonchev–Trinajstić information content (AvgIpc) is 3.30. The third-order valence-corrected chi connectivity index (χ3v) is 8.56. The van der Waals surface area contributed by atoms with Gasteiger partial charge in [-0.15, -0.1) is 6.42 Å². The van der Waals surface area contributed by atoms with E-state index in [1.807, 2.05) is 54.6 Å². The number of hydrogen-bond donors (Lipinski definition) is 0. The minimum absolute atomic E-state index is 0.122. The van der Waals surface area contributed by atoms with Crippen molar-refractivity contribution in [2.75, 3.05) is 6.61 Å². The smallest absolute Gasteiger partial charge is 0.271 e. The molecule has 0 spiro atoms. The minimum atomic E-state index is -0.368. The summed E-state index contributed by atoms with van der Waals surface area (Å²) < 4.78 is 22.1. The predicted octanol–water partition coefficient (Wildman–Crippen LogP) is 5.62. The van der Waals surface area contributed by atoms with E-state index < -0.39 is 0 Å². The second kappa shape index (κ2) is 9.78. The molecule has 1 atom stereocenters. The first-order chi connectivity index (χ1) is 19.6. The summed E-state index contributed by atoms with van der Waals surface area (Å²) in [6, 6.07) is 26.2. The lowest BCUT2D eigenvalue weighted by Crippen LogP contribution is -2.38. The Bertz CT molecular complexity index is 2060. The van der Waals surface area contributed by atoms with Gasteiger partial charge in [0.1, 0.15) is 18.2 Å². The van der Waals surface area contributed by atoms with Gasteiger partial charge in [-0.05, 0) is 64.6 Å². The summed E-state index contributed by atoms with van der Waals surface area (Å²) >= 11 is 1.35. The van der Waals surface area contributed by atoms with Crippen molar-refractivity contribution in [3.63, 3.8) is 0 Å². The number of nitrogens with zero attached hydrogens (tertiary/aromatic N) is 2. The van der Waals surface area contributed by atoms with Gasteiger partial charge in [0, 0.05) is 11.1 Å². The molecule has 0 radical (unpaired) electrons. The van der Waals surface area contributed by atoms with Gasteiger partial charge in [0.25, 0.3) is 5.56 Å². The number of hydrogen-bond acceptors (Lipinski definition) is 4. The molecule has 0 bridgehead atoms. The maximum absolute atomic E-state index is 14.2. The lowest BCUT2D eigenvalue weighted by atomic mass is 9.83. The van der Waals surface area contributed by atoms with Crippen molar-refractivity contribution in [3.8, 4) is 18.1 Å². The van der Waals surface area contributed by atoms with E-state index in [1.165, 1.54) is 29.0 Å². The molecule has 1 unspecified atom stereocenters. The second-order valence-corrected chi connectivity index (χ2v) is 10.9. The molecule has 7 rings (SSSR count). The zero-order chi connectivity index (χ0) is 27.2. The van der Waals surface area contributed by atoms with Crippen molar-refractivity contribution < 1.29 is 9.13 Å². The van der Waals surface area contributed by atoms with E-state index in [2.05, 4.69) is 18.1 Å². The normalized spacial score (nSPS) is 16.1. The Morgan fingerprint density at radius 2 is 1.82 bits per heavy atom. The summed E-state index contributed by atoms with van der Waals surface area (Å²) in [6.45, 7) is 0.122. The number of benzene rings is 4. The van der Waals surface area contributed by atoms with E-state index >= 15 is 0 Å². The highest BCUT2D eigenvalue weighted by atomic mass is 32.1. The molecule has 0 N–H and O–H groups in total. The number of allylic oxidation sites excluding steroid dienone is 1. The molecule has 4 nitrogen and oxygen atoms in total. The van der Waals surface area contributed by atoms with Gasteiger partial charge in [0.15, 0.2) is 4.80 Å². The molecule has 5 aromatic rings. The monoisotopic (exact) mass is 542 g/mol. The summed E-state index contributed by atoms with van der Waals surface area (Å²) in [5, 5.41) is 2.00. The molecular weight excluding hydrogens is 519 g/mol. The fourth-order valence-electron chi connectivity index (χ4n) is 5.77. The fraction of sp³-hybridized carbons (Fsp3) is 0.118. The molecule has 4 aromatic carbocycles. The van der Waals surface area contributed by atoms with Crippen LogP contribution in [0.1, 0.15) is 34.7 Å². The Morgan fingerprint density at radius 1 is 1.02 bits per heavy atom. The number of aryl methyl sites for hydroxylation is 1. The average molecular weight is 543 g/mol. The van der Waals surface area contributed by atoms with Gasteiger partial charge in [0.05, 0.1) is 16.3 Å². The van der Waals surface area contributed by atoms with Gasteiger partial charge in [-0.2, -0.15) is 0 Å². The van der Waals surface area contributed by atoms with Crippen molar-refractivity contribution in [1.29, 1.82) is 0 Å². The van der Waals surface area contributed by atoms with Crippen molar-refractivity contribution in [3.05, 3.63) is 138 Å².